The normalized spacial score (nSPS) is 10.4. The Morgan fingerprint density at radius 3 is 1.97 bits per heavy atom. The minimum Gasteiger partial charge on any atom is -0.321 e. The first-order valence-corrected chi connectivity index (χ1v) is 10.6. The van der Waals surface area contributed by atoms with Gasteiger partial charge in [0.1, 0.15) is 5.82 Å². The van der Waals surface area contributed by atoms with Gasteiger partial charge in [-0.05, 0) is 55.5 Å². The second-order valence-corrected chi connectivity index (χ2v) is 7.70. The molecule has 0 saturated carbocycles. The number of nitrogens with one attached hydrogen (secondary N) is 2. The van der Waals surface area contributed by atoms with Gasteiger partial charge in [0, 0.05) is 16.7 Å². The van der Waals surface area contributed by atoms with Crippen LogP contribution in [0.25, 0.3) is 0 Å². The van der Waals surface area contributed by atoms with Crippen molar-refractivity contribution in [2.45, 2.75) is 6.92 Å². The molecule has 34 heavy (non-hydrogen) atoms. The molecule has 0 spiro atoms. The zero-order valence-corrected chi connectivity index (χ0v) is 18.3. The van der Waals surface area contributed by atoms with Gasteiger partial charge in [-0.2, -0.15) is 0 Å². The molecule has 0 heterocycles. The van der Waals surface area contributed by atoms with Crippen LogP contribution in [0, 0.1) is 12.7 Å². The standard InChI is InChI=1S/C28H21FN2O3/c1-18-11-16-25(23(17-18)26(32)19-7-3-2-4-8-19)31-28(34)22-9-5-6-10-24(22)30-27(33)20-12-14-21(29)15-13-20/h2-17H,1H3,(H,30,33)(H,31,34). The number of amides is 2. The van der Waals surface area contributed by atoms with E-state index < -0.39 is 17.6 Å². The number of ketones is 1. The second kappa shape index (κ2) is 9.92. The number of carbonyl (C=O) groups is 3. The fourth-order valence-electron chi connectivity index (χ4n) is 3.48. The van der Waals surface area contributed by atoms with Crippen LogP contribution in [-0.4, -0.2) is 17.6 Å². The van der Waals surface area contributed by atoms with Crippen LogP contribution < -0.4 is 10.6 Å². The molecular weight excluding hydrogens is 431 g/mol. The summed E-state index contributed by atoms with van der Waals surface area (Å²) in [5.74, 6) is -1.62. The van der Waals surface area contributed by atoms with Crippen molar-refractivity contribution in [2.24, 2.45) is 0 Å². The lowest BCUT2D eigenvalue weighted by molar-refractivity contribution is 0.102. The molecule has 0 aliphatic carbocycles. The zero-order chi connectivity index (χ0) is 24.1. The maximum atomic E-state index is 13.2. The number of carbonyl (C=O) groups excluding carboxylic acids is 3. The molecule has 0 aromatic heterocycles. The highest BCUT2D eigenvalue weighted by Crippen LogP contribution is 2.24. The maximum absolute atomic E-state index is 13.2. The first-order valence-electron chi connectivity index (χ1n) is 10.6. The van der Waals surface area contributed by atoms with Crippen molar-refractivity contribution < 1.29 is 18.8 Å². The SMILES string of the molecule is Cc1ccc(NC(=O)c2ccccc2NC(=O)c2ccc(F)cc2)c(C(=O)c2ccccc2)c1. The lowest BCUT2D eigenvalue weighted by Gasteiger charge is -2.14. The van der Waals surface area contributed by atoms with E-state index in [1.54, 1.807) is 66.7 Å². The predicted octanol–water partition coefficient (Wildman–Crippen LogP) is 5.87. The van der Waals surface area contributed by atoms with E-state index in [2.05, 4.69) is 10.6 Å². The first-order chi connectivity index (χ1) is 16.4. The molecule has 168 valence electrons. The number of hydrogen-bond donors (Lipinski definition) is 2. The van der Waals surface area contributed by atoms with Crippen LogP contribution in [0.4, 0.5) is 15.8 Å². The van der Waals surface area contributed by atoms with Gasteiger partial charge in [-0.1, -0.05) is 54.1 Å². The summed E-state index contributed by atoms with van der Waals surface area (Å²) in [7, 11) is 0. The van der Waals surface area contributed by atoms with Crippen molar-refractivity contribution in [3.05, 3.63) is 131 Å². The Morgan fingerprint density at radius 1 is 0.618 bits per heavy atom. The Balaban J connectivity index is 1.60. The lowest BCUT2D eigenvalue weighted by atomic mass is 9.99. The Hall–Kier alpha value is -4.58. The van der Waals surface area contributed by atoms with Gasteiger partial charge in [-0.15, -0.1) is 0 Å². The molecular formula is C28H21FN2O3. The Kier molecular flexibility index (Phi) is 6.59. The molecule has 2 N–H and O–H groups in total. The molecule has 0 bridgehead atoms. The third-order valence-corrected chi connectivity index (χ3v) is 5.23. The van der Waals surface area contributed by atoms with E-state index in [1.165, 1.54) is 24.3 Å². The quantitative estimate of drug-likeness (QED) is 0.359. The molecule has 0 aliphatic heterocycles. The third-order valence-electron chi connectivity index (χ3n) is 5.23. The number of benzene rings is 4. The Labute approximate surface area is 196 Å². The molecule has 4 aromatic rings. The fraction of sp³-hybridized carbons (Fsp3) is 0.0357. The molecule has 4 aromatic carbocycles. The summed E-state index contributed by atoms with van der Waals surface area (Å²) in [4.78, 5) is 38.9. The van der Waals surface area contributed by atoms with Gasteiger partial charge in [0.2, 0.25) is 0 Å². The summed E-state index contributed by atoms with van der Waals surface area (Å²) in [5.41, 5.74) is 2.89. The molecule has 5 nitrogen and oxygen atoms in total. The number of halogens is 1. The van der Waals surface area contributed by atoms with E-state index in [9.17, 15) is 18.8 Å². The van der Waals surface area contributed by atoms with Crippen molar-refractivity contribution in [1.82, 2.24) is 0 Å². The van der Waals surface area contributed by atoms with E-state index in [1.807, 2.05) is 13.0 Å². The average molecular weight is 452 g/mol. The maximum Gasteiger partial charge on any atom is 0.257 e. The number of para-hydroxylation sites is 1. The smallest absolute Gasteiger partial charge is 0.257 e. The molecule has 0 radical (unpaired) electrons. The molecule has 0 fully saturated rings. The summed E-state index contributed by atoms with van der Waals surface area (Å²) in [6.07, 6.45) is 0. The van der Waals surface area contributed by atoms with Crippen LogP contribution in [-0.2, 0) is 0 Å². The van der Waals surface area contributed by atoms with E-state index in [0.29, 0.717) is 16.8 Å². The molecule has 0 aliphatic rings. The predicted molar refractivity (Wildman–Crippen MR) is 130 cm³/mol. The fourth-order valence-corrected chi connectivity index (χ4v) is 3.48. The van der Waals surface area contributed by atoms with Gasteiger partial charge in [0.25, 0.3) is 11.8 Å². The average Bonchev–Trinajstić information content (AvgIpc) is 2.86. The van der Waals surface area contributed by atoms with Gasteiger partial charge < -0.3 is 10.6 Å². The number of anilines is 2. The van der Waals surface area contributed by atoms with Crippen molar-refractivity contribution in [3.63, 3.8) is 0 Å². The van der Waals surface area contributed by atoms with Crippen LogP contribution >= 0.6 is 0 Å². The minimum atomic E-state index is -0.485. The van der Waals surface area contributed by atoms with Gasteiger partial charge in [-0.3, -0.25) is 14.4 Å². The van der Waals surface area contributed by atoms with Crippen LogP contribution in [0.1, 0.15) is 42.2 Å². The molecule has 0 atom stereocenters. The third kappa shape index (κ3) is 5.07. The monoisotopic (exact) mass is 452 g/mol. The lowest BCUT2D eigenvalue weighted by Crippen LogP contribution is -2.19. The molecule has 2 amide bonds. The Morgan fingerprint density at radius 2 is 1.24 bits per heavy atom. The highest BCUT2D eigenvalue weighted by molar-refractivity contribution is 6.17. The summed E-state index contributed by atoms with van der Waals surface area (Å²) >= 11 is 0. The van der Waals surface area contributed by atoms with Crippen molar-refractivity contribution in [1.29, 1.82) is 0 Å². The number of rotatable bonds is 6. The zero-order valence-electron chi connectivity index (χ0n) is 18.3. The van der Waals surface area contributed by atoms with E-state index >= 15 is 0 Å². The van der Waals surface area contributed by atoms with Crippen LogP contribution in [0.3, 0.4) is 0 Å². The van der Waals surface area contributed by atoms with Crippen LogP contribution in [0.2, 0.25) is 0 Å². The molecule has 0 unspecified atom stereocenters. The second-order valence-electron chi connectivity index (χ2n) is 7.70. The minimum absolute atomic E-state index is 0.211. The van der Waals surface area contributed by atoms with Gasteiger partial charge in [0.05, 0.1) is 16.9 Å². The molecule has 6 heteroatoms. The first kappa shape index (κ1) is 22.6. The van der Waals surface area contributed by atoms with Crippen LogP contribution in [0.5, 0.6) is 0 Å². The van der Waals surface area contributed by atoms with E-state index in [0.717, 1.165) is 5.56 Å². The Bertz CT molecular complexity index is 1370. The van der Waals surface area contributed by atoms with Crippen LogP contribution in [0.15, 0.2) is 97.1 Å². The van der Waals surface area contributed by atoms with Gasteiger partial charge in [0.15, 0.2) is 5.78 Å². The topological polar surface area (TPSA) is 75.3 Å². The van der Waals surface area contributed by atoms with Crippen molar-refractivity contribution in [3.8, 4) is 0 Å². The van der Waals surface area contributed by atoms with Gasteiger partial charge >= 0.3 is 0 Å². The summed E-state index contributed by atoms with van der Waals surface area (Å²) in [6, 6.07) is 25.7. The van der Waals surface area contributed by atoms with Crippen molar-refractivity contribution in [2.75, 3.05) is 10.6 Å². The molecule has 4 rings (SSSR count). The van der Waals surface area contributed by atoms with Crippen molar-refractivity contribution >= 4 is 29.0 Å². The number of hydrogen-bond acceptors (Lipinski definition) is 3. The van der Waals surface area contributed by atoms with E-state index in [-0.39, 0.29) is 22.6 Å². The molecule has 0 saturated heterocycles. The van der Waals surface area contributed by atoms with Gasteiger partial charge in [-0.25, -0.2) is 4.39 Å². The van der Waals surface area contributed by atoms with E-state index in [4.69, 9.17) is 0 Å². The number of aryl methyl sites for hydroxylation is 1. The summed E-state index contributed by atoms with van der Waals surface area (Å²) in [6.45, 7) is 1.87. The summed E-state index contributed by atoms with van der Waals surface area (Å²) in [5, 5.41) is 5.50. The largest absolute Gasteiger partial charge is 0.321 e. The highest BCUT2D eigenvalue weighted by atomic mass is 19.1. The summed E-state index contributed by atoms with van der Waals surface area (Å²) < 4.78 is 13.2. The highest BCUT2D eigenvalue weighted by Gasteiger charge is 2.19.